The van der Waals surface area contributed by atoms with Crippen LogP contribution in [0.4, 0.5) is 14.5 Å². The second kappa shape index (κ2) is 9.46. The molecule has 29 heavy (non-hydrogen) atoms. The van der Waals surface area contributed by atoms with Crippen molar-refractivity contribution >= 4 is 21.4 Å². The third kappa shape index (κ3) is 5.71. The molecular formula is C19H28F2N4O3S. The van der Waals surface area contributed by atoms with E-state index in [1.54, 1.807) is 0 Å². The molecule has 2 aliphatic rings. The maximum atomic E-state index is 12.6. The third-order valence-corrected chi connectivity index (χ3v) is 6.99. The van der Waals surface area contributed by atoms with E-state index in [1.807, 2.05) is 0 Å². The van der Waals surface area contributed by atoms with Crippen LogP contribution in [-0.2, 0) is 14.6 Å². The number of benzene rings is 1. The van der Waals surface area contributed by atoms with Gasteiger partial charge in [0, 0.05) is 44.5 Å². The molecule has 2 fully saturated rings. The fraction of sp³-hybridized carbons (Fsp3) is 0.632. The first-order valence-electron chi connectivity index (χ1n) is 9.82. The minimum atomic E-state index is -4.62. The van der Waals surface area contributed by atoms with Gasteiger partial charge in [-0.3, -0.25) is 14.6 Å². The molecule has 0 aliphatic carbocycles. The van der Waals surface area contributed by atoms with E-state index in [2.05, 4.69) is 27.1 Å². The number of piperidine rings is 1. The van der Waals surface area contributed by atoms with Crippen LogP contribution in [0, 0.1) is 0 Å². The fourth-order valence-electron chi connectivity index (χ4n) is 3.96. The maximum Gasteiger partial charge on any atom is 0.341 e. The second-order valence-corrected chi connectivity index (χ2v) is 9.67. The van der Waals surface area contributed by atoms with E-state index >= 15 is 0 Å². The number of sulfone groups is 1. The monoisotopic (exact) mass is 430 g/mol. The minimum Gasteiger partial charge on any atom is -0.325 e. The van der Waals surface area contributed by atoms with Gasteiger partial charge in [0.05, 0.1) is 11.4 Å². The first-order chi connectivity index (χ1) is 13.8. The lowest BCUT2D eigenvalue weighted by Gasteiger charge is -2.42. The van der Waals surface area contributed by atoms with Crippen LogP contribution < -0.4 is 5.32 Å². The van der Waals surface area contributed by atoms with Crippen molar-refractivity contribution in [2.75, 3.05) is 58.2 Å². The molecule has 1 N–H and O–H groups in total. The zero-order chi connectivity index (χ0) is 21.0. The van der Waals surface area contributed by atoms with E-state index in [0.29, 0.717) is 11.7 Å². The van der Waals surface area contributed by atoms with Crippen molar-refractivity contribution in [3.8, 4) is 0 Å². The quantitative estimate of drug-likeness (QED) is 0.734. The summed E-state index contributed by atoms with van der Waals surface area (Å²) in [4.78, 5) is 18.8. The summed E-state index contributed by atoms with van der Waals surface area (Å²) >= 11 is 0. The molecule has 1 aromatic carbocycles. The molecule has 10 heteroatoms. The zero-order valence-electron chi connectivity index (χ0n) is 16.6. The van der Waals surface area contributed by atoms with Crippen LogP contribution in [0.15, 0.2) is 29.2 Å². The lowest BCUT2D eigenvalue weighted by Crippen LogP contribution is -2.55. The molecule has 2 heterocycles. The molecule has 0 spiro atoms. The van der Waals surface area contributed by atoms with Crippen LogP contribution in [0.5, 0.6) is 0 Å². The van der Waals surface area contributed by atoms with E-state index in [0.717, 1.165) is 51.4 Å². The number of nitrogens with one attached hydrogen (secondary N) is 1. The number of carbonyl (C=O) groups excluding carboxylic acids is 1. The molecule has 2 aliphatic heterocycles. The molecule has 162 valence electrons. The molecule has 0 bridgehead atoms. The van der Waals surface area contributed by atoms with Gasteiger partial charge in [0.15, 0.2) is 0 Å². The highest BCUT2D eigenvalue weighted by atomic mass is 32.2. The topological polar surface area (TPSA) is 73.0 Å². The Labute approximate surface area is 170 Å². The number of carbonyl (C=O) groups is 1. The molecule has 1 amide bonds. The van der Waals surface area contributed by atoms with Crippen LogP contribution in [0.2, 0.25) is 0 Å². The van der Waals surface area contributed by atoms with Crippen molar-refractivity contribution in [3.05, 3.63) is 24.3 Å². The van der Waals surface area contributed by atoms with Crippen molar-refractivity contribution < 1.29 is 22.0 Å². The summed E-state index contributed by atoms with van der Waals surface area (Å²) < 4.78 is 48.0. The predicted octanol–water partition coefficient (Wildman–Crippen LogP) is 1.33. The number of nitrogens with zero attached hydrogens (tertiary/aromatic N) is 3. The zero-order valence-corrected chi connectivity index (χ0v) is 17.4. The molecule has 7 nitrogen and oxygen atoms in total. The van der Waals surface area contributed by atoms with Crippen LogP contribution in [0.25, 0.3) is 0 Å². The standard InChI is InChI=1S/C19H28F2N4O3S/c1-23-8-2-3-16(13-23)25-11-9-24(10-12-25)14-18(26)22-15-4-6-17(7-5-15)29(27,28)19(20)21/h4-7,16,19H,2-3,8-14H2,1H3,(H,22,26). The molecule has 2 saturated heterocycles. The minimum absolute atomic E-state index is 0.208. The molecular weight excluding hydrogens is 402 g/mol. The van der Waals surface area contributed by atoms with Crippen LogP contribution in [0.1, 0.15) is 12.8 Å². The van der Waals surface area contributed by atoms with Crippen molar-refractivity contribution in [1.29, 1.82) is 0 Å². The normalized spacial score (nSPS) is 22.7. The predicted molar refractivity (Wildman–Crippen MR) is 107 cm³/mol. The number of amides is 1. The number of piperazine rings is 1. The molecule has 0 aromatic heterocycles. The summed E-state index contributed by atoms with van der Waals surface area (Å²) in [5.74, 6) is -3.67. The van der Waals surface area contributed by atoms with Gasteiger partial charge in [-0.05, 0) is 50.7 Å². The third-order valence-electron chi connectivity index (χ3n) is 5.59. The Hall–Kier alpha value is -1.62. The van der Waals surface area contributed by atoms with Gasteiger partial charge in [0.1, 0.15) is 0 Å². The summed E-state index contributed by atoms with van der Waals surface area (Å²) in [6, 6.07) is 5.40. The first-order valence-corrected chi connectivity index (χ1v) is 11.4. The fourth-order valence-corrected chi connectivity index (χ4v) is 4.68. The van der Waals surface area contributed by atoms with E-state index < -0.39 is 20.5 Å². The van der Waals surface area contributed by atoms with Gasteiger partial charge in [-0.2, -0.15) is 8.78 Å². The number of halogens is 2. The summed E-state index contributed by atoms with van der Waals surface area (Å²) in [6.45, 7) is 6.01. The summed E-state index contributed by atoms with van der Waals surface area (Å²) in [7, 11) is -2.47. The molecule has 0 saturated carbocycles. The van der Waals surface area contributed by atoms with E-state index in [-0.39, 0.29) is 12.5 Å². The van der Waals surface area contributed by atoms with Gasteiger partial charge in [0.2, 0.25) is 15.7 Å². The number of hydrogen-bond acceptors (Lipinski definition) is 6. The Balaban J connectivity index is 1.45. The highest BCUT2D eigenvalue weighted by Gasteiger charge is 2.28. The first kappa shape index (κ1) is 22.1. The number of anilines is 1. The number of alkyl halides is 2. The smallest absolute Gasteiger partial charge is 0.325 e. The van der Waals surface area contributed by atoms with E-state index in [1.165, 1.54) is 25.0 Å². The molecule has 1 aromatic rings. The van der Waals surface area contributed by atoms with Gasteiger partial charge >= 0.3 is 5.76 Å². The Morgan fingerprint density at radius 3 is 2.38 bits per heavy atom. The number of likely N-dealkylation sites (tertiary alicyclic amines) is 1. The highest BCUT2D eigenvalue weighted by Crippen LogP contribution is 2.20. The van der Waals surface area contributed by atoms with Crippen LogP contribution >= 0.6 is 0 Å². The summed E-state index contributed by atoms with van der Waals surface area (Å²) in [6.07, 6.45) is 2.45. The maximum absolute atomic E-state index is 12.6. The Morgan fingerprint density at radius 1 is 1.14 bits per heavy atom. The second-order valence-electron chi connectivity index (χ2n) is 7.75. The Kier molecular flexibility index (Phi) is 7.20. The molecule has 3 rings (SSSR count). The summed E-state index contributed by atoms with van der Waals surface area (Å²) in [5, 5.41) is 2.69. The SMILES string of the molecule is CN1CCCC(N2CCN(CC(=O)Nc3ccc(S(=O)(=O)C(F)F)cc3)CC2)C1. The Morgan fingerprint density at radius 2 is 1.79 bits per heavy atom. The Bertz CT molecular complexity index is 796. The molecule has 0 radical (unpaired) electrons. The van der Waals surface area contributed by atoms with Gasteiger partial charge in [0.25, 0.3) is 0 Å². The van der Waals surface area contributed by atoms with Gasteiger partial charge < -0.3 is 10.2 Å². The van der Waals surface area contributed by atoms with Crippen LogP contribution in [-0.4, -0.2) is 93.7 Å². The van der Waals surface area contributed by atoms with Crippen molar-refractivity contribution in [2.24, 2.45) is 0 Å². The number of likely N-dealkylation sites (N-methyl/N-ethyl adjacent to an activating group) is 1. The van der Waals surface area contributed by atoms with Crippen molar-refractivity contribution in [1.82, 2.24) is 14.7 Å². The number of rotatable bonds is 6. The van der Waals surface area contributed by atoms with Gasteiger partial charge in [-0.25, -0.2) is 8.42 Å². The average Bonchev–Trinajstić information content (AvgIpc) is 2.69. The van der Waals surface area contributed by atoms with Gasteiger partial charge in [-0.1, -0.05) is 0 Å². The van der Waals surface area contributed by atoms with Crippen molar-refractivity contribution in [2.45, 2.75) is 29.5 Å². The van der Waals surface area contributed by atoms with Crippen LogP contribution in [0.3, 0.4) is 0 Å². The molecule has 1 unspecified atom stereocenters. The average molecular weight is 431 g/mol. The number of hydrogen-bond donors (Lipinski definition) is 1. The van der Waals surface area contributed by atoms with Crippen molar-refractivity contribution in [3.63, 3.8) is 0 Å². The van der Waals surface area contributed by atoms with E-state index in [4.69, 9.17) is 0 Å². The van der Waals surface area contributed by atoms with E-state index in [9.17, 15) is 22.0 Å². The highest BCUT2D eigenvalue weighted by molar-refractivity contribution is 7.91. The van der Waals surface area contributed by atoms with Gasteiger partial charge in [-0.15, -0.1) is 0 Å². The summed E-state index contributed by atoms with van der Waals surface area (Å²) in [5.41, 5.74) is 0.382. The largest absolute Gasteiger partial charge is 0.341 e. The lowest BCUT2D eigenvalue weighted by molar-refractivity contribution is -0.117. The molecule has 1 atom stereocenters. The lowest BCUT2D eigenvalue weighted by atomic mass is 10.0.